The van der Waals surface area contributed by atoms with Crippen LogP contribution in [0.2, 0.25) is 0 Å². The minimum atomic E-state index is -0.336. The maximum atomic E-state index is 12.0. The third-order valence-electron chi connectivity index (χ3n) is 2.74. The first kappa shape index (κ1) is 11.6. The van der Waals surface area contributed by atoms with E-state index in [1.54, 1.807) is 32.0 Å². The number of aryl methyl sites for hydroxylation is 2. The van der Waals surface area contributed by atoms with Crippen LogP contribution < -0.4 is 14.8 Å². The molecule has 2 heterocycles. The normalized spacial score (nSPS) is 12.5. The van der Waals surface area contributed by atoms with Crippen molar-refractivity contribution < 1.29 is 18.7 Å². The Balaban J connectivity index is 1.81. The van der Waals surface area contributed by atoms with Gasteiger partial charge in [-0.05, 0) is 19.1 Å². The van der Waals surface area contributed by atoms with Crippen molar-refractivity contribution in [2.24, 2.45) is 0 Å². The fourth-order valence-corrected chi connectivity index (χ4v) is 1.90. The first-order chi connectivity index (χ1) is 9.13. The second-order valence-electron chi connectivity index (χ2n) is 4.17. The van der Waals surface area contributed by atoms with E-state index in [1.165, 1.54) is 0 Å². The van der Waals surface area contributed by atoms with Crippen LogP contribution in [0.15, 0.2) is 22.6 Å². The van der Waals surface area contributed by atoms with E-state index in [1.807, 2.05) is 0 Å². The number of ether oxygens (including phenoxy) is 2. The lowest BCUT2D eigenvalue weighted by atomic mass is 10.2. The third kappa shape index (κ3) is 2.12. The van der Waals surface area contributed by atoms with Gasteiger partial charge in [-0.25, -0.2) is 4.98 Å². The number of amides is 1. The molecule has 1 aliphatic rings. The molecule has 0 radical (unpaired) electrons. The van der Waals surface area contributed by atoms with Gasteiger partial charge in [0.05, 0.1) is 5.69 Å². The van der Waals surface area contributed by atoms with E-state index in [0.717, 1.165) is 0 Å². The number of fused-ring (bicyclic) bond motifs is 1. The number of hydrogen-bond acceptors (Lipinski definition) is 5. The number of hydrogen-bond donors (Lipinski definition) is 1. The van der Waals surface area contributed by atoms with Crippen molar-refractivity contribution >= 4 is 11.6 Å². The molecule has 0 spiro atoms. The van der Waals surface area contributed by atoms with E-state index >= 15 is 0 Å². The van der Waals surface area contributed by atoms with E-state index in [2.05, 4.69) is 10.3 Å². The topological polar surface area (TPSA) is 73.6 Å². The summed E-state index contributed by atoms with van der Waals surface area (Å²) in [6.07, 6.45) is 0. The van der Waals surface area contributed by atoms with Gasteiger partial charge in [0, 0.05) is 18.7 Å². The van der Waals surface area contributed by atoms with E-state index in [9.17, 15) is 4.79 Å². The van der Waals surface area contributed by atoms with Gasteiger partial charge in [0.15, 0.2) is 17.4 Å². The molecule has 0 aliphatic carbocycles. The molecule has 0 atom stereocenters. The Kier molecular flexibility index (Phi) is 2.63. The lowest BCUT2D eigenvalue weighted by molar-refractivity contribution is 0.0994. The fourth-order valence-electron chi connectivity index (χ4n) is 1.90. The molecule has 0 fully saturated rings. The number of nitrogens with one attached hydrogen (secondary N) is 1. The highest BCUT2D eigenvalue weighted by Crippen LogP contribution is 2.34. The molecule has 1 aliphatic heterocycles. The molecule has 0 saturated heterocycles. The summed E-state index contributed by atoms with van der Waals surface area (Å²) in [6.45, 7) is 3.63. The van der Waals surface area contributed by atoms with Gasteiger partial charge in [0.2, 0.25) is 12.6 Å². The van der Waals surface area contributed by atoms with E-state index in [4.69, 9.17) is 13.9 Å². The molecule has 1 N–H and O–H groups in total. The molecule has 3 rings (SSSR count). The van der Waals surface area contributed by atoms with Crippen molar-refractivity contribution in [3.8, 4) is 11.5 Å². The predicted octanol–water partition coefficient (Wildman–Crippen LogP) is 2.27. The number of anilines is 1. The van der Waals surface area contributed by atoms with Crippen LogP contribution in [-0.4, -0.2) is 17.7 Å². The summed E-state index contributed by atoms with van der Waals surface area (Å²) in [7, 11) is 0. The third-order valence-corrected chi connectivity index (χ3v) is 2.74. The van der Waals surface area contributed by atoms with Crippen molar-refractivity contribution in [3.05, 3.63) is 35.5 Å². The Hall–Kier alpha value is -2.50. The van der Waals surface area contributed by atoms with Crippen LogP contribution in [0.4, 0.5) is 5.69 Å². The lowest BCUT2D eigenvalue weighted by Crippen LogP contribution is -2.12. The van der Waals surface area contributed by atoms with Crippen LogP contribution in [0, 0.1) is 13.8 Å². The molecule has 6 nitrogen and oxygen atoms in total. The van der Waals surface area contributed by atoms with Gasteiger partial charge in [-0.15, -0.1) is 0 Å². The van der Waals surface area contributed by atoms with Crippen LogP contribution in [0.5, 0.6) is 11.5 Å². The molecule has 19 heavy (non-hydrogen) atoms. The Bertz CT molecular complexity index is 648. The maximum Gasteiger partial charge on any atom is 0.293 e. The monoisotopic (exact) mass is 260 g/mol. The smallest absolute Gasteiger partial charge is 0.293 e. The highest BCUT2D eigenvalue weighted by atomic mass is 16.7. The number of benzene rings is 1. The molecule has 98 valence electrons. The van der Waals surface area contributed by atoms with Crippen molar-refractivity contribution in [3.63, 3.8) is 0 Å². The van der Waals surface area contributed by atoms with Gasteiger partial charge in [-0.1, -0.05) is 0 Å². The van der Waals surface area contributed by atoms with E-state index < -0.39 is 0 Å². The average Bonchev–Trinajstić information content (AvgIpc) is 2.94. The number of carbonyl (C=O) groups is 1. The summed E-state index contributed by atoms with van der Waals surface area (Å²) >= 11 is 0. The molecule has 0 bridgehead atoms. The number of aromatic nitrogens is 1. The molecule has 1 amide bonds. The van der Waals surface area contributed by atoms with Crippen molar-refractivity contribution in [1.82, 2.24) is 4.98 Å². The van der Waals surface area contributed by atoms with Crippen molar-refractivity contribution in [2.75, 3.05) is 12.1 Å². The summed E-state index contributed by atoms with van der Waals surface area (Å²) in [5, 5.41) is 2.73. The largest absolute Gasteiger partial charge is 0.454 e. The average molecular weight is 260 g/mol. The Morgan fingerprint density at radius 2 is 2.05 bits per heavy atom. The molecule has 6 heteroatoms. The van der Waals surface area contributed by atoms with Gasteiger partial charge in [-0.2, -0.15) is 0 Å². The molecular weight excluding hydrogens is 248 g/mol. The molecule has 1 aromatic heterocycles. The van der Waals surface area contributed by atoms with Crippen LogP contribution >= 0.6 is 0 Å². The first-order valence-electron chi connectivity index (χ1n) is 5.78. The number of nitrogens with zero attached hydrogens (tertiary/aromatic N) is 1. The lowest BCUT2D eigenvalue weighted by Gasteiger charge is -2.04. The Morgan fingerprint density at radius 3 is 2.79 bits per heavy atom. The SMILES string of the molecule is Cc1nc(C)c(C(=O)Nc2ccc3c(c2)OCO3)o1. The Labute approximate surface area is 109 Å². The van der Waals surface area contributed by atoms with E-state index in [-0.39, 0.29) is 18.5 Å². The molecule has 1 aromatic carbocycles. The highest BCUT2D eigenvalue weighted by molar-refractivity contribution is 6.03. The maximum absolute atomic E-state index is 12.0. The second-order valence-corrected chi connectivity index (χ2v) is 4.17. The zero-order chi connectivity index (χ0) is 13.4. The Morgan fingerprint density at radius 1 is 1.26 bits per heavy atom. The number of carbonyl (C=O) groups excluding carboxylic acids is 1. The summed E-state index contributed by atoms with van der Waals surface area (Å²) in [6, 6.07) is 5.19. The van der Waals surface area contributed by atoms with Crippen molar-refractivity contribution in [1.29, 1.82) is 0 Å². The standard InChI is InChI=1S/C13H12N2O4/c1-7-12(19-8(2)14-7)13(16)15-9-3-4-10-11(5-9)18-6-17-10/h3-5H,6H2,1-2H3,(H,15,16). The molecule has 2 aromatic rings. The number of rotatable bonds is 2. The number of oxazole rings is 1. The quantitative estimate of drug-likeness (QED) is 0.896. The summed E-state index contributed by atoms with van der Waals surface area (Å²) in [5.41, 5.74) is 1.18. The van der Waals surface area contributed by atoms with Crippen LogP contribution in [0.3, 0.4) is 0 Å². The van der Waals surface area contributed by atoms with Gasteiger partial charge in [-0.3, -0.25) is 4.79 Å². The van der Waals surface area contributed by atoms with Crippen LogP contribution in [-0.2, 0) is 0 Å². The van der Waals surface area contributed by atoms with Gasteiger partial charge in [0.1, 0.15) is 0 Å². The predicted molar refractivity (Wildman–Crippen MR) is 66.5 cm³/mol. The summed E-state index contributed by atoms with van der Waals surface area (Å²) < 4.78 is 15.7. The minimum absolute atomic E-state index is 0.202. The van der Waals surface area contributed by atoms with Gasteiger partial charge in [0.25, 0.3) is 5.91 Å². The molecule has 0 saturated carbocycles. The van der Waals surface area contributed by atoms with Gasteiger partial charge < -0.3 is 19.2 Å². The minimum Gasteiger partial charge on any atom is -0.454 e. The van der Waals surface area contributed by atoms with Gasteiger partial charge >= 0.3 is 0 Å². The van der Waals surface area contributed by atoms with E-state index in [0.29, 0.717) is 28.8 Å². The first-order valence-corrected chi connectivity index (χ1v) is 5.78. The van der Waals surface area contributed by atoms with Crippen molar-refractivity contribution in [2.45, 2.75) is 13.8 Å². The summed E-state index contributed by atoms with van der Waals surface area (Å²) in [4.78, 5) is 16.1. The molecule has 0 unspecified atom stereocenters. The summed E-state index contributed by atoms with van der Waals surface area (Å²) in [5.74, 6) is 1.63. The highest BCUT2D eigenvalue weighted by Gasteiger charge is 2.18. The second kappa shape index (κ2) is 4.31. The zero-order valence-electron chi connectivity index (χ0n) is 10.5. The fraction of sp³-hybridized carbons (Fsp3) is 0.231. The van der Waals surface area contributed by atoms with Crippen LogP contribution in [0.25, 0.3) is 0 Å². The molecular formula is C13H12N2O4. The zero-order valence-corrected chi connectivity index (χ0v) is 10.5. The van der Waals surface area contributed by atoms with Crippen LogP contribution in [0.1, 0.15) is 22.1 Å².